The van der Waals surface area contributed by atoms with Crippen molar-refractivity contribution in [2.75, 3.05) is 4.90 Å². The van der Waals surface area contributed by atoms with Gasteiger partial charge in [0.15, 0.2) is 5.11 Å². The van der Waals surface area contributed by atoms with Crippen molar-refractivity contribution in [1.82, 2.24) is 5.32 Å². The second-order valence-electron chi connectivity index (χ2n) is 5.84. The number of para-hydroxylation sites is 1. The van der Waals surface area contributed by atoms with Gasteiger partial charge in [0.25, 0.3) is 0 Å². The van der Waals surface area contributed by atoms with Crippen LogP contribution < -0.4 is 10.2 Å². The average molecular weight is 274 g/mol. The van der Waals surface area contributed by atoms with Crippen LogP contribution in [-0.2, 0) is 6.42 Å². The Morgan fingerprint density at radius 2 is 1.95 bits per heavy atom. The molecule has 2 nitrogen and oxygen atoms in total. The van der Waals surface area contributed by atoms with Gasteiger partial charge in [0, 0.05) is 17.8 Å². The first-order valence-corrected chi connectivity index (χ1v) is 7.84. The highest BCUT2D eigenvalue weighted by Gasteiger charge is 2.29. The first-order chi connectivity index (χ1) is 9.25. The van der Waals surface area contributed by atoms with Gasteiger partial charge in [-0.1, -0.05) is 37.5 Å². The van der Waals surface area contributed by atoms with E-state index in [1.165, 1.54) is 43.4 Å². The minimum Gasteiger partial charge on any atom is -0.360 e. The number of hydrogen-bond acceptors (Lipinski definition) is 1. The molecule has 0 spiro atoms. The maximum atomic E-state index is 5.66. The zero-order valence-corrected chi connectivity index (χ0v) is 12.4. The average Bonchev–Trinajstić information content (AvgIpc) is 2.75. The van der Waals surface area contributed by atoms with Crippen LogP contribution in [0.15, 0.2) is 24.3 Å². The zero-order valence-electron chi connectivity index (χ0n) is 11.6. The lowest BCUT2D eigenvalue weighted by Gasteiger charge is -2.31. The summed E-state index contributed by atoms with van der Waals surface area (Å²) in [6, 6.07) is 9.69. The fourth-order valence-electron chi connectivity index (χ4n) is 3.37. The van der Waals surface area contributed by atoms with E-state index in [2.05, 4.69) is 41.4 Å². The van der Waals surface area contributed by atoms with E-state index >= 15 is 0 Å². The first kappa shape index (κ1) is 12.9. The molecule has 1 aromatic carbocycles. The van der Waals surface area contributed by atoms with Gasteiger partial charge < -0.3 is 10.2 Å². The molecule has 1 N–H and O–H groups in total. The van der Waals surface area contributed by atoms with Gasteiger partial charge >= 0.3 is 0 Å². The van der Waals surface area contributed by atoms with E-state index in [-0.39, 0.29) is 0 Å². The molecule has 1 heterocycles. The fourth-order valence-corrected chi connectivity index (χ4v) is 3.81. The van der Waals surface area contributed by atoms with E-state index in [4.69, 9.17) is 12.2 Å². The number of thiocarbonyl (C=S) groups is 1. The minimum absolute atomic E-state index is 0.473. The molecule has 0 amide bonds. The summed E-state index contributed by atoms with van der Waals surface area (Å²) in [5.74, 6) is 0. The largest absolute Gasteiger partial charge is 0.360 e. The van der Waals surface area contributed by atoms with E-state index in [0.29, 0.717) is 12.1 Å². The highest BCUT2D eigenvalue weighted by Crippen LogP contribution is 2.32. The number of hydrogen-bond donors (Lipinski definition) is 1. The van der Waals surface area contributed by atoms with E-state index in [1.807, 2.05) is 0 Å². The van der Waals surface area contributed by atoms with Crippen LogP contribution in [0.2, 0.25) is 0 Å². The lowest BCUT2D eigenvalue weighted by atomic mass is 9.96. The van der Waals surface area contributed by atoms with E-state index in [1.54, 1.807) is 0 Å². The van der Waals surface area contributed by atoms with Gasteiger partial charge in [-0.25, -0.2) is 0 Å². The Morgan fingerprint density at radius 3 is 2.74 bits per heavy atom. The van der Waals surface area contributed by atoms with Crippen LogP contribution in [0.3, 0.4) is 0 Å². The Kier molecular flexibility index (Phi) is 3.74. The number of rotatable bonds is 1. The highest BCUT2D eigenvalue weighted by molar-refractivity contribution is 7.80. The van der Waals surface area contributed by atoms with E-state index in [9.17, 15) is 0 Å². The molecule has 1 aliphatic heterocycles. The van der Waals surface area contributed by atoms with Crippen molar-refractivity contribution >= 4 is 23.0 Å². The second-order valence-corrected chi connectivity index (χ2v) is 6.22. The molecule has 1 unspecified atom stereocenters. The van der Waals surface area contributed by atoms with Crippen molar-refractivity contribution in [1.29, 1.82) is 0 Å². The molecule has 1 aliphatic carbocycles. The fraction of sp³-hybridized carbons (Fsp3) is 0.562. The normalized spacial score (nSPS) is 23.2. The third kappa shape index (κ3) is 2.62. The van der Waals surface area contributed by atoms with Crippen LogP contribution >= 0.6 is 12.2 Å². The van der Waals surface area contributed by atoms with Crippen molar-refractivity contribution in [3.05, 3.63) is 29.8 Å². The Bertz CT molecular complexity index is 466. The van der Waals surface area contributed by atoms with Gasteiger partial charge in [0.2, 0.25) is 0 Å². The van der Waals surface area contributed by atoms with Crippen LogP contribution in [0.5, 0.6) is 0 Å². The summed E-state index contributed by atoms with van der Waals surface area (Å²) < 4.78 is 0. The molecule has 2 aliphatic rings. The minimum atomic E-state index is 0.473. The Labute approximate surface area is 121 Å². The van der Waals surface area contributed by atoms with Crippen LogP contribution in [-0.4, -0.2) is 17.2 Å². The van der Waals surface area contributed by atoms with Crippen LogP contribution in [0, 0.1) is 0 Å². The Balaban J connectivity index is 1.72. The molecule has 1 fully saturated rings. The molecule has 19 heavy (non-hydrogen) atoms. The summed E-state index contributed by atoms with van der Waals surface area (Å²) in [7, 11) is 0. The number of nitrogens with one attached hydrogen (secondary N) is 1. The SMILES string of the molecule is CC1Cc2ccccc2N1C(=S)NC1CCCCC1. The predicted molar refractivity (Wildman–Crippen MR) is 84.7 cm³/mol. The summed E-state index contributed by atoms with van der Waals surface area (Å²) >= 11 is 5.66. The standard InChI is InChI=1S/C16H22N2S/c1-12-11-13-7-5-6-10-15(13)18(12)16(19)17-14-8-3-2-4-9-14/h5-7,10,12,14H,2-4,8-9,11H2,1H3,(H,17,19). The molecule has 3 rings (SSSR count). The number of benzene rings is 1. The topological polar surface area (TPSA) is 15.3 Å². The predicted octanol–water partition coefficient (Wildman–Crippen LogP) is 3.64. The molecular formula is C16H22N2S. The molecule has 0 radical (unpaired) electrons. The maximum Gasteiger partial charge on any atom is 0.173 e. The van der Waals surface area contributed by atoms with Crippen molar-refractivity contribution < 1.29 is 0 Å². The summed E-state index contributed by atoms with van der Waals surface area (Å²) in [6.45, 7) is 2.26. The Hall–Kier alpha value is -1.09. The smallest absolute Gasteiger partial charge is 0.173 e. The number of nitrogens with zero attached hydrogens (tertiary/aromatic N) is 1. The molecule has 1 atom stereocenters. The van der Waals surface area contributed by atoms with Crippen molar-refractivity contribution in [3.63, 3.8) is 0 Å². The van der Waals surface area contributed by atoms with Crippen LogP contribution in [0.25, 0.3) is 0 Å². The molecule has 0 bridgehead atoms. The first-order valence-electron chi connectivity index (χ1n) is 7.43. The van der Waals surface area contributed by atoms with Gasteiger partial charge in [-0.2, -0.15) is 0 Å². The summed E-state index contributed by atoms with van der Waals surface area (Å²) in [5.41, 5.74) is 2.71. The summed E-state index contributed by atoms with van der Waals surface area (Å²) in [4.78, 5) is 2.30. The van der Waals surface area contributed by atoms with Gasteiger partial charge in [-0.15, -0.1) is 0 Å². The molecule has 3 heteroatoms. The van der Waals surface area contributed by atoms with E-state index in [0.717, 1.165) is 11.5 Å². The molecule has 1 saturated carbocycles. The van der Waals surface area contributed by atoms with Crippen molar-refractivity contribution in [2.24, 2.45) is 0 Å². The van der Waals surface area contributed by atoms with E-state index < -0.39 is 0 Å². The van der Waals surface area contributed by atoms with Crippen LogP contribution in [0.1, 0.15) is 44.6 Å². The number of anilines is 1. The quantitative estimate of drug-likeness (QED) is 0.787. The van der Waals surface area contributed by atoms with Gasteiger partial charge in [-0.3, -0.25) is 0 Å². The second kappa shape index (κ2) is 5.49. The molecular weight excluding hydrogens is 252 g/mol. The van der Waals surface area contributed by atoms with Gasteiger partial charge in [-0.05, 0) is 50.0 Å². The molecule has 0 aromatic heterocycles. The molecule has 1 aromatic rings. The van der Waals surface area contributed by atoms with Crippen molar-refractivity contribution in [2.45, 2.75) is 57.5 Å². The lowest BCUT2D eigenvalue weighted by Crippen LogP contribution is -2.47. The summed E-state index contributed by atoms with van der Waals surface area (Å²) in [5, 5.41) is 4.51. The molecule has 102 valence electrons. The summed E-state index contributed by atoms with van der Waals surface area (Å²) in [6.07, 6.45) is 7.70. The highest BCUT2D eigenvalue weighted by atomic mass is 32.1. The zero-order chi connectivity index (χ0) is 13.2. The maximum absolute atomic E-state index is 5.66. The molecule has 0 saturated heterocycles. The van der Waals surface area contributed by atoms with Gasteiger partial charge in [0.05, 0.1) is 0 Å². The number of fused-ring (bicyclic) bond motifs is 1. The Morgan fingerprint density at radius 1 is 1.21 bits per heavy atom. The van der Waals surface area contributed by atoms with Crippen molar-refractivity contribution in [3.8, 4) is 0 Å². The third-order valence-corrected chi connectivity index (χ3v) is 4.67. The third-order valence-electron chi connectivity index (χ3n) is 4.36. The van der Waals surface area contributed by atoms with Gasteiger partial charge in [0.1, 0.15) is 0 Å². The monoisotopic (exact) mass is 274 g/mol. The van der Waals surface area contributed by atoms with Crippen LogP contribution in [0.4, 0.5) is 5.69 Å². The lowest BCUT2D eigenvalue weighted by molar-refractivity contribution is 0.413.